The Hall–Kier alpha value is -0.970. The van der Waals surface area contributed by atoms with Crippen LogP contribution in [0.5, 0.6) is 0 Å². The molecule has 0 saturated carbocycles. The van der Waals surface area contributed by atoms with E-state index in [0.29, 0.717) is 5.56 Å². The Morgan fingerprint density at radius 1 is 1.16 bits per heavy atom. The number of benzene rings is 1. The summed E-state index contributed by atoms with van der Waals surface area (Å²) in [6.07, 6.45) is 0. The molecule has 2 rings (SSSR count). The number of hydrogen-bond donors (Lipinski definition) is 1. The minimum atomic E-state index is -0.849. The lowest BCUT2D eigenvalue weighted by molar-refractivity contribution is 0.0696. The Morgan fingerprint density at radius 2 is 1.74 bits per heavy atom. The summed E-state index contributed by atoms with van der Waals surface area (Å²) in [6, 6.07) is 5.49. The van der Waals surface area contributed by atoms with Crippen molar-refractivity contribution in [1.82, 2.24) is 4.90 Å². The number of piperazine rings is 1. The molecule has 1 aromatic carbocycles. The van der Waals surface area contributed by atoms with Crippen molar-refractivity contribution in [2.45, 2.75) is 6.92 Å². The van der Waals surface area contributed by atoms with Gasteiger partial charge in [0.25, 0.3) is 0 Å². The van der Waals surface area contributed by atoms with Crippen LogP contribution in [0.4, 0.5) is 5.69 Å². The first-order valence-corrected chi connectivity index (χ1v) is 5.86. The number of halogens is 2. The summed E-state index contributed by atoms with van der Waals surface area (Å²) in [6.45, 7) is 5.85. The predicted molar refractivity (Wildman–Crippen MR) is 82.3 cm³/mol. The molecule has 108 valence electrons. The zero-order chi connectivity index (χ0) is 12.4. The summed E-state index contributed by atoms with van der Waals surface area (Å²) < 4.78 is 0. The van der Waals surface area contributed by atoms with E-state index in [1.165, 1.54) is 0 Å². The van der Waals surface area contributed by atoms with E-state index >= 15 is 0 Å². The van der Waals surface area contributed by atoms with Gasteiger partial charge in [0.05, 0.1) is 5.56 Å². The van der Waals surface area contributed by atoms with Crippen molar-refractivity contribution in [3.63, 3.8) is 0 Å². The highest BCUT2D eigenvalue weighted by atomic mass is 35.5. The molecule has 1 fully saturated rings. The molecule has 0 unspecified atom stereocenters. The lowest BCUT2D eigenvalue weighted by Gasteiger charge is -2.35. The summed E-state index contributed by atoms with van der Waals surface area (Å²) in [5.41, 5.74) is 2.32. The van der Waals surface area contributed by atoms with Gasteiger partial charge in [-0.3, -0.25) is 0 Å². The number of likely N-dealkylation sites (N-methyl/N-ethyl adjacent to an activating group) is 1. The zero-order valence-electron chi connectivity index (χ0n) is 11.1. The first-order valence-electron chi connectivity index (χ1n) is 5.86. The third-order valence-corrected chi connectivity index (χ3v) is 3.38. The van der Waals surface area contributed by atoms with Gasteiger partial charge >= 0.3 is 5.97 Å². The molecule has 0 aromatic heterocycles. The van der Waals surface area contributed by atoms with Gasteiger partial charge in [0.1, 0.15) is 0 Å². The van der Waals surface area contributed by atoms with E-state index in [4.69, 9.17) is 5.11 Å². The average molecular weight is 307 g/mol. The normalized spacial score (nSPS) is 15.4. The fourth-order valence-corrected chi connectivity index (χ4v) is 2.25. The number of nitrogens with zero attached hydrogens (tertiary/aromatic N) is 2. The van der Waals surface area contributed by atoms with Crippen LogP contribution in [0.25, 0.3) is 0 Å². The maximum atomic E-state index is 11.1. The molecule has 6 heteroatoms. The molecule has 0 atom stereocenters. The number of anilines is 1. The Bertz CT molecular complexity index is 433. The third-order valence-electron chi connectivity index (χ3n) is 3.38. The topological polar surface area (TPSA) is 43.8 Å². The van der Waals surface area contributed by atoms with Crippen molar-refractivity contribution in [1.29, 1.82) is 0 Å². The molecule has 0 amide bonds. The van der Waals surface area contributed by atoms with E-state index in [1.807, 2.05) is 19.1 Å². The quantitative estimate of drug-likeness (QED) is 0.910. The minimum Gasteiger partial charge on any atom is -0.478 e. The van der Waals surface area contributed by atoms with Crippen molar-refractivity contribution in [2.75, 3.05) is 38.1 Å². The molecule has 1 aliphatic rings. The van der Waals surface area contributed by atoms with Gasteiger partial charge in [-0.05, 0) is 31.7 Å². The SMILES string of the molecule is Cc1c(C(=O)O)cccc1N1CCN(C)CC1.Cl.Cl. The molecule has 1 aliphatic heterocycles. The monoisotopic (exact) mass is 306 g/mol. The van der Waals surface area contributed by atoms with Crippen LogP contribution in [0.15, 0.2) is 18.2 Å². The highest BCUT2D eigenvalue weighted by Crippen LogP contribution is 2.24. The largest absolute Gasteiger partial charge is 0.478 e. The van der Waals surface area contributed by atoms with Crippen molar-refractivity contribution < 1.29 is 9.90 Å². The fraction of sp³-hybridized carbons (Fsp3) is 0.462. The molecule has 4 nitrogen and oxygen atoms in total. The zero-order valence-corrected chi connectivity index (χ0v) is 12.8. The van der Waals surface area contributed by atoms with Crippen molar-refractivity contribution >= 4 is 36.5 Å². The summed E-state index contributed by atoms with van der Waals surface area (Å²) >= 11 is 0. The molecule has 1 heterocycles. The Balaban J connectivity index is 0.00000162. The maximum Gasteiger partial charge on any atom is 0.336 e. The van der Waals surface area contributed by atoms with Crippen LogP contribution in [0, 0.1) is 6.92 Å². The van der Waals surface area contributed by atoms with Gasteiger partial charge in [0.2, 0.25) is 0 Å². The summed E-state index contributed by atoms with van der Waals surface area (Å²) in [5, 5.41) is 9.10. The standard InChI is InChI=1S/C13H18N2O2.2ClH/c1-10-11(13(16)17)4-3-5-12(10)15-8-6-14(2)7-9-15;;/h3-5H,6-9H2,1-2H3,(H,16,17);2*1H. The molecule has 0 bridgehead atoms. The van der Waals surface area contributed by atoms with Crippen LogP contribution in [0.2, 0.25) is 0 Å². The Kier molecular flexibility index (Phi) is 7.19. The molecule has 0 spiro atoms. The van der Waals surface area contributed by atoms with Gasteiger partial charge in [0, 0.05) is 31.9 Å². The molecule has 1 N–H and O–H groups in total. The lowest BCUT2D eigenvalue weighted by atomic mass is 10.1. The van der Waals surface area contributed by atoms with E-state index in [1.54, 1.807) is 6.07 Å². The van der Waals surface area contributed by atoms with Crippen molar-refractivity contribution in [3.8, 4) is 0 Å². The van der Waals surface area contributed by atoms with E-state index in [0.717, 1.165) is 37.4 Å². The van der Waals surface area contributed by atoms with E-state index in [-0.39, 0.29) is 24.8 Å². The maximum absolute atomic E-state index is 11.1. The van der Waals surface area contributed by atoms with Crippen molar-refractivity contribution in [3.05, 3.63) is 29.3 Å². The number of carboxylic acid groups (broad SMARTS) is 1. The van der Waals surface area contributed by atoms with Gasteiger partial charge in [-0.2, -0.15) is 0 Å². The van der Waals surface area contributed by atoms with Crippen molar-refractivity contribution in [2.24, 2.45) is 0 Å². The number of carbonyl (C=O) groups is 1. The Morgan fingerprint density at radius 3 is 2.26 bits per heavy atom. The van der Waals surface area contributed by atoms with Gasteiger partial charge in [0.15, 0.2) is 0 Å². The van der Waals surface area contributed by atoms with Crippen LogP contribution in [-0.2, 0) is 0 Å². The van der Waals surface area contributed by atoms with Gasteiger partial charge in [-0.15, -0.1) is 24.8 Å². The van der Waals surface area contributed by atoms with Crippen LogP contribution in [-0.4, -0.2) is 49.2 Å². The van der Waals surface area contributed by atoms with E-state index < -0.39 is 5.97 Å². The van der Waals surface area contributed by atoms with Crippen LogP contribution in [0.3, 0.4) is 0 Å². The first kappa shape index (κ1) is 18.0. The molecular formula is C13H20Cl2N2O2. The summed E-state index contributed by atoms with van der Waals surface area (Å²) in [4.78, 5) is 15.6. The fourth-order valence-electron chi connectivity index (χ4n) is 2.25. The molecule has 0 aliphatic carbocycles. The van der Waals surface area contributed by atoms with Gasteiger partial charge < -0.3 is 14.9 Å². The van der Waals surface area contributed by atoms with Crippen LogP contribution >= 0.6 is 24.8 Å². The van der Waals surface area contributed by atoms with Crippen LogP contribution < -0.4 is 4.90 Å². The first-order chi connectivity index (χ1) is 8.09. The van der Waals surface area contributed by atoms with Gasteiger partial charge in [-0.1, -0.05) is 6.07 Å². The predicted octanol–water partition coefficient (Wildman–Crippen LogP) is 2.29. The molecule has 1 saturated heterocycles. The highest BCUT2D eigenvalue weighted by molar-refractivity contribution is 5.91. The smallest absolute Gasteiger partial charge is 0.336 e. The second kappa shape index (κ2) is 7.58. The molecular weight excluding hydrogens is 287 g/mol. The van der Waals surface area contributed by atoms with E-state index in [2.05, 4.69) is 16.8 Å². The number of rotatable bonds is 2. The number of aromatic carboxylic acids is 1. The molecule has 0 radical (unpaired) electrons. The highest BCUT2D eigenvalue weighted by Gasteiger charge is 2.18. The lowest BCUT2D eigenvalue weighted by Crippen LogP contribution is -2.44. The minimum absolute atomic E-state index is 0. The second-order valence-electron chi connectivity index (χ2n) is 4.55. The van der Waals surface area contributed by atoms with E-state index in [9.17, 15) is 4.79 Å². The second-order valence-corrected chi connectivity index (χ2v) is 4.55. The van der Waals surface area contributed by atoms with Gasteiger partial charge in [-0.25, -0.2) is 4.79 Å². The molecule has 19 heavy (non-hydrogen) atoms. The number of hydrogen-bond acceptors (Lipinski definition) is 3. The third kappa shape index (κ3) is 4.00. The number of carboxylic acids is 1. The molecule has 1 aromatic rings. The van der Waals surface area contributed by atoms with Crippen LogP contribution in [0.1, 0.15) is 15.9 Å². The summed E-state index contributed by atoms with van der Waals surface area (Å²) in [5.74, 6) is -0.849. The Labute approximate surface area is 126 Å². The average Bonchev–Trinajstić information content (AvgIpc) is 2.30. The summed E-state index contributed by atoms with van der Waals surface area (Å²) in [7, 11) is 2.11.